The number of rotatable bonds is 7. The van der Waals surface area contributed by atoms with Crippen LogP contribution in [-0.2, 0) is 10.7 Å². The van der Waals surface area contributed by atoms with Crippen molar-refractivity contribution in [1.82, 2.24) is 9.88 Å². The maximum absolute atomic E-state index is 11.4. The zero-order valence-corrected chi connectivity index (χ0v) is 15.8. The molecule has 0 saturated carbocycles. The van der Waals surface area contributed by atoms with Crippen molar-refractivity contribution in [2.75, 3.05) is 37.6 Å². The Morgan fingerprint density at radius 1 is 1.00 bits per heavy atom. The normalized spacial score (nSPS) is 16.0. The summed E-state index contributed by atoms with van der Waals surface area (Å²) < 4.78 is 22.9. The highest BCUT2D eigenvalue weighted by atomic mass is 32.2. The van der Waals surface area contributed by atoms with Crippen LogP contribution in [0.15, 0.2) is 35.5 Å². The number of anilines is 1. The number of pyridine rings is 1. The van der Waals surface area contributed by atoms with E-state index in [0.717, 1.165) is 42.6 Å². The van der Waals surface area contributed by atoms with Gasteiger partial charge < -0.3 is 4.90 Å². The molecule has 1 aliphatic rings. The molecule has 0 aliphatic carbocycles. The summed E-state index contributed by atoms with van der Waals surface area (Å²) in [6.07, 6.45) is 6.81. The lowest BCUT2D eigenvalue weighted by Gasteiger charge is -2.36. The fraction of sp³-hybridized carbons (Fsp3) is 0.526. The Balaban J connectivity index is 1.70. The van der Waals surface area contributed by atoms with Gasteiger partial charge in [-0.15, -0.1) is 0 Å². The summed E-state index contributed by atoms with van der Waals surface area (Å²) in [4.78, 5) is 8.94. The molecule has 0 spiro atoms. The van der Waals surface area contributed by atoms with Crippen LogP contribution in [0.1, 0.15) is 32.6 Å². The van der Waals surface area contributed by atoms with Crippen molar-refractivity contribution in [1.29, 1.82) is 0 Å². The highest BCUT2D eigenvalue weighted by Crippen LogP contribution is 2.29. The number of hydrogen-bond donors (Lipinski definition) is 1. The van der Waals surface area contributed by atoms with E-state index in [9.17, 15) is 8.42 Å². The van der Waals surface area contributed by atoms with Crippen LogP contribution in [0.25, 0.3) is 10.8 Å². The number of piperazine rings is 1. The number of thiol groups is 1. The number of unbranched alkanes of at least 4 members (excludes halogenated alkanes) is 3. The number of nitrogens with zero attached hydrogens (tertiary/aromatic N) is 3. The van der Waals surface area contributed by atoms with E-state index in [2.05, 4.69) is 27.8 Å². The van der Waals surface area contributed by atoms with E-state index >= 15 is 0 Å². The zero-order valence-electron chi connectivity index (χ0n) is 14.9. The van der Waals surface area contributed by atoms with Gasteiger partial charge in [-0.2, -0.15) is 0 Å². The topological polar surface area (TPSA) is 53.5 Å². The third kappa shape index (κ3) is 4.30. The molecule has 0 bridgehead atoms. The molecule has 6 heteroatoms. The number of fused-ring (bicyclic) bond motifs is 1. The molecular formula is C19H27N3O2S. The number of hydrogen-bond acceptors (Lipinski definition) is 5. The van der Waals surface area contributed by atoms with E-state index in [1.54, 1.807) is 6.20 Å². The molecule has 5 nitrogen and oxygen atoms in total. The molecule has 0 atom stereocenters. The quantitative estimate of drug-likeness (QED) is 0.607. The summed E-state index contributed by atoms with van der Waals surface area (Å²) in [5, 5.41) is 1.87. The van der Waals surface area contributed by atoms with Gasteiger partial charge in [0.2, 0.25) is 0 Å². The van der Waals surface area contributed by atoms with E-state index in [0.29, 0.717) is 0 Å². The average molecular weight is 362 g/mol. The molecule has 1 saturated heterocycles. The summed E-state index contributed by atoms with van der Waals surface area (Å²) in [6, 6.07) is 7.78. The molecule has 1 aromatic carbocycles. The molecule has 0 amide bonds. The Hall–Kier alpha value is -1.66. The van der Waals surface area contributed by atoms with Gasteiger partial charge in [-0.05, 0) is 25.1 Å². The monoisotopic (exact) mass is 361 g/mol. The van der Waals surface area contributed by atoms with Gasteiger partial charge in [-0.25, -0.2) is 13.4 Å². The molecule has 0 unspecified atom stereocenters. The maximum atomic E-state index is 11.4. The third-order valence-electron chi connectivity index (χ3n) is 4.98. The molecular weight excluding hydrogens is 334 g/mol. The van der Waals surface area contributed by atoms with Crippen LogP contribution < -0.4 is 4.90 Å². The first-order valence-electron chi connectivity index (χ1n) is 9.20. The zero-order chi connectivity index (χ0) is 17.6. The number of aromatic nitrogens is 1. The molecule has 136 valence electrons. The first-order valence-corrected chi connectivity index (χ1v) is 10.4. The molecule has 0 radical (unpaired) electrons. The highest BCUT2D eigenvalue weighted by molar-refractivity contribution is 7.72. The average Bonchev–Trinajstić information content (AvgIpc) is 2.65. The van der Waals surface area contributed by atoms with E-state index < -0.39 is 10.7 Å². The van der Waals surface area contributed by atoms with Gasteiger partial charge in [0.05, 0.1) is 0 Å². The van der Waals surface area contributed by atoms with E-state index in [4.69, 9.17) is 0 Å². The Morgan fingerprint density at radius 3 is 2.52 bits per heavy atom. The van der Waals surface area contributed by atoms with Crippen LogP contribution in [0, 0.1) is 0 Å². The minimum Gasteiger partial charge on any atom is -0.368 e. The van der Waals surface area contributed by atoms with Crippen molar-refractivity contribution in [3.05, 3.63) is 30.5 Å². The standard InChI is InChI=1S/C19H27N3O2S/c1-2-3-4-5-11-21-12-14-22(15-13-21)18-8-6-7-17-16(18)9-10-20-19(17)25(23)24/h6-10,25H,2-5,11-15H2,1H3. The first kappa shape index (κ1) is 18.1. The van der Waals surface area contributed by atoms with E-state index in [-0.39, 0.29) is 5.03 Å². The van der Waals surface area contributed by atoms with Gasteiger partial charge in [0, 0.05) is 48.8 Å². The van der Waals surface area contributed by atoms with Gasteiger partial charge >= 0.3 is 0 Å². The van der Waals surface area contributed by atoms with Crippen LogP contribution in [-0.4, -0.2) is 51.0 Å². The highest BCUT2D eigenvalue weighted by Gasteiger charge is 2.19. The van der Waals surface area contributed by atoms with Crippen LogP contribution in [0.2, 0.25) is 0 Å². The lowest BCUT2D eigenvalue weighted by atomic mass is 10.1. The maximum Gasteiger partial charge on any atom is 0.186 e. The third-order valence-corrected chi connectivity index (χ3v) is 5.68. The fourth-order valence-corrected chi connectivity index (χ4v) is 4.12. The summed E-state index contributed by atoms with van der Waals surface area (Å²) in [6.45, 7) is 7.52. The van der Waals surface area contributed by atoms with Crippen molar-refractivity contribution in [3.8, 4) is 0 Å². The lowest BCUT2D eigenvalue weighted by molar-refractivity contribution is 0.252. The fourth-order valence-electron chi connectivity index (χ4n) is 3.57. The molecule has 1 fully saturated rings. The largest absolute Gasteiger partial charge is 0.368 e. The molecule has 2 heterocycles. The SMILES string of the molecule is CCCCCCN1CCN(c2cccc3c([SH](=O)=O)nccc23)CC1. The molecule has 3 rings (SSSR count). The van der Waals surface area contributed by atoms with E-state index in [1.807, 2.05) is 18.2 Å². The van der Waals surface area contributed by atoms with Crippen LogP contribution in [0.3, 0.4) is 0 Å². The van der Waals surface area contributed by atoms with Gasteiger partial charge in [0.25, 0.3) is 0 Å². The van der Waals surface area contributed by atoms with Crippen LogP contribution >= 0.6 is 0 Å². The minimum atomic E-state index is -2.68. The second kappa shape index (κ2) is 8.63. The Bertz CT molecular complexity index is 775. The van der Waals surface area contributed by atoms with Crippen molar-refractivity contribution < 1.29 is 8.42 Å². The molecule has 0 N–H and O–H groups in total. The van der Waals surface area contributed by atoms with Gasteiger partial charge in [-0.1, -0.05) is 38.3 Å². The second-order valence-electron chi connectivity index (χ2n) is 6.65. The molecule has 2 aromatic rings. The Morgan fingerprint density at radius 2 is 1.80 bits per heavy atom. The predicted octanol–water partition coefficient (Wildman–Crippen LogP) is 2.91. The number of benzene rings is 1. The summed E-state index contributed by atoms with van der Waals surface area (Å²) in [5.41, 5.74) is 1.11. The predicted molar refractivity (Wildman–Crippen MR) is 103 cm³/mol. The van der Waals surface area contributed by atoms with Crippen LogP contribution in [0.5, 0.6) is 0 Å². The van der Waals surface area contributed by atoms with Gasteiger partial charge in [-0.3, -0.25) is 4.90 Å². The molecule has 1 aliphatic heterocycles. The summed E-state index contributed by atoms with van der Waals surface area (Å²) >= 11 is 0. The Labute approximate surface area is 151 Å². The van der Waals surface area contributed by atoms with Gasteiger partial charge in [0.1, 0.15) is 0 Å². The first-order chi connectivity index (χ1) is 12.2. The second-order valence-corrected chi connectivity index (χ2v) is 7.59. The van der Waals surface area contributed by atoms with Crippen molar-refractivity contribution in [3.63, 3.8) is 0 Å². The van der Waals surface area contributed by atoms with Crippen molar-refractivity contribution in [2.45, 2.75) is 37.6 Å². The van der Waals surface area contributed by atoms with Crippen LogP contribution in [0.4, 0.5) is 5.69 Å². The van der Waals surface area contributed by atoms with Gasteiger partial charge in [0.15, 0.2) is 15.7 Å². The minimum absolute atomic E-state index is 0.170. The lowest BCUT2D eigenvalue weighted by Crippen LogP contribution is -2.46. The smallest absolute Gasteiger partial charge is 0.186 e. The summed E-state index contributed by atoms with van der Waals surface area (Å²) in [5.74, 6) is 0. The summed E-state index contributed by atoms with van der Waals surface area (Å²) in [7, 11) is -2.68. The van der Waals surface area contributed by atoms with Crippen molar-refractivity contribution in [2.24, 2.45) is 0 Å². The molecule has 1 aromatic heterocycles. The molecule has 25 heavy (non-hydrogen) atoms. The van der Waals surface area contributed by atoms with E-state index in [1.165, 1.54) is 32.2 Å². The van der Waals surface area contributed by atoms with Crippen molar-refractivity contribution >= 4 is 27.2 Å². The Kier molecular flexibility index (Phi) is 6.26.